The topological polar surface area (TPSA) is 71.5 Å². The minimum absolute atomic E-state index is 0.126. The number of phenols is 1. The largest absolute Gasteiger partial charge is 0.507 e. The smallest absolute Gasteiger partial charge is 0.232 e. The summed E-state index contributed by atoms with van der Waals surface area (Å²) in [6, 6.07) is 15.0. The number of halogens is 1. The minimum atomic E-state index is -0.218. The van der Waals surface area contributed by atoms with Gasteiger partial charge in [-0.2, -0.15) is 0 Å². The number of rotatable bonds is 6. The lowest BCUT2D eigenvalue weighted by Crippen LogP contribution is -2.46. The van der Waals surface area contributed by atoms with E-state index in [9.17, 15) is 9.90 Å². The molecule has 0 bridgehead atoms. The van der Waals surface area contributed by atoms with Gasteiger partial charge in [0.25, 0.3) is 0 Å². The summed E-state index contributed by atoms with van der Waals surface area (Å²) >= 11 is 6.17. The van der Waals surface area contributed by atoms with Gasteiger partial charge in [-0.1, -0.05) is 29.8 Å². The molecule has 0 aliphatic carbocycles. The lowest BCUT2D eigenvalue weighted by atomic mass is 9.99. The number of hydrogen-bond acceptors (Lipinski definition) is 7. The predicted octanol–water partition coefficient (Wildman–Crippen LogP) is 5.31. The molecule has 0 saturated carbocycles. The Balaban J connectivity index is 1.39. The zero-order valence-corrected chi connectivity index (χ0v) is 21.8. The van der Waals surface area contributed by atoms with Crippen molar-refractivity contribution < 1.29 is 24.1 Å². The molecule has 37 heavy (non-hydrogen) atoms. The molecule has 2 aliphatic heterocycles. The van der Waals surface area contributed by atoms with Gasteiger partial charge in [0.05, 0.1) is 25.3 Å². The molecule has 0 radical (unpaired) electrons. The Morgan fingerprint density at radius 2 is 1.81 bits per heavy atom. The summed E-state index contributed by atoms with van der Waals surface area (Å²) in [4.78, 5) is 17.9. The molecule has 0 unspecified atom stereocenters. The van der Waals surface area contributed by atoms with Gasteiger partial charge in [-0.25, -0.2) is 0 Å². The Bertz CT molecular complexity index is 1380. The van der Waals surface area contributed by atoms with Crippen LogP contribution in [-0.2, 0) is 6.54 Å². The summed E-state index contributed by atoms with van der Waals surface area (Å²) in [7, 11) is 3.12. The third kappa shape index (κ3) is 4.84. The van der Waals surface area contributed by atoms with E-state index in [0.717, 1.165) is 36.9 Å². The van der Waals surface area contributed by atoms with E-state index >= 15 is 0 Å². The minimum Gasteiger partial charge on any atom is -0.507 e. The molecule has 3 aromatic carbocycles. The molecule has 192 valence electrons. The van der Waals surface area contributed by atoms with Crippen LogP contribution in [0.15, 0.2) is 54.3 Å². The highest BCUT2D eigenvalue weighted by atomic mass is 35.5. The van der Waals surface area contributed by atoms with E-state index in [4.69, 9.17) is 25.8 Å². The zero-order chi connectivity index (χ0) is 26.1. The van der Waals surface area contributed by atoms with Crippen LogP contribution < -0.4 is 19.1 Å². The van der Waals surface area contributed by atoms with E-state index in [1.165, 1.54) is 0 Å². The van der Waals surface area contributed by atoms with Crippen LogP contribution in [0.2, 0.25) is 5.02 Å². The van der Waals surface area contributed by atoms with Crippen molar-refractivity contribution in [2.45, 2.75) is 13.5 Å². The molecule has 0 spiro atoms. The van der Waals surface area contributed by atoms with Crippen LogP contribution in [0.5, 0.6) is 23.0 Å². The monoisotopic (exact) mass is 520 g/mol. The molecule has 1 saturated heterocycles. The molecule has 1 N–H and O–H groups in total. The van der Waals surface area contributed by atoms with E-state index in [1.807, 2.05) is 37.3 Å². The maximum atomic E-state index is 13.4. The summed E-state index contributed by atoms with van der Waals surface area (Å²) in [6.45, 7) is 5.53. The number of methoxy groups -OCH3 is 2. The fourth-order valence-electron chi connectivity index (χ4n) is 4.96. The number of carbonyl (C=O) groups is 1. The van der Waals surface area contributed by atoms with Crippen LogP contribution in [0.25, 0.3) is 6.08 Å². The van der Waals surface area contributed by atoms with E-state index in [1.54, 1.807) is 32.4 Å². The first-order valence-corrected chi connectivity index (χ1v) is 12.5. The molecule has 8 heteroatoms. The van der Waals surface area contributed by atoms with Crippen molar-refractivity contribution in [3.05, 3.63) is 81.6 Å². The van der Waals surface area contributed by atoms with E-state index in [-0.39, 0.29) is 17.3 Å². The first kappa shape index (κ1) is 25.0. The number of carbonyl (C=O) groups excluding carboxylic acids is 1. The average molecular weight is 521 g/mol. The van der Waals surface area contributed by atoms with Crippen molar-refractivity contribution in [1.82, 2.24) is 4.90 Å². The Kier molecular flexibility index (Phi) is 7.00. The normalized spacial score (nSPS) is 16.6. The molecule has 0 amide bonds. The van der Waals surface area contributed by atoms with Crippen LogP contribution in [0.1, 0.15) is 27.0 Å². The number of hydrogen-bond donors (Lipinski definition) is 1. The number of fused-ring (bicyclic) bond motifs is 1. The van der Waals surface area contributed by atoms with Crippen molar-refractivity contribution in [3.8, 4) is 23.0 Å². The lowest BCUT2D eigenvalue weighted by molar-refractivity contribution is 0.101. The van der Waals surface area contributed by atoms with Crippen molar-refractivity contribution in [3.63, 3.8) is 0 Å². The second kappa shape index (κ2) is 10.4. The van der Waals surface area contributed by atoms with Crippen molar-refractivity contribution >= 4 is 29.1 Å². The fraction of sp³-hybridized carbons (Fsp3) is 0.276. The van der Waals surface area contributed by atoms with Crippen molar-refractivity contribution in [2.75, 3.05) is 45.3 Å². The molecule has 2 heterocycles. The van der Waals surface area contributed by atoms with E-state index in [0.29, 0.717) is 46.0 Å². The molecular weight excluding hydrogens is 492 g/mol. The highest BCUT2D eigenvalue weighted by Gasteiger charge is 2.34. The molecule has 0 aromatic heterocycles. The van der Waals surface area contributed by atoms with Gasteiger partial charge in [0.1, 0.15) is 11.5 Å². The van der Waals surface area contributed by atoms with Gasteiger partial charge in [-0.05, 0) is 48.9 Å². The number of phenolic OH excluding ortho intramolecular Hbond substituents is 1. The number of aryl methyl sites for hydroxylation is 1. The highest BCUT2D eigenvalue weighted by Crippen LogP contribution is 2.43. The van der Waals surface area contributed by atoms with Gasteiger partial charge >= 0.3 is 0 Å². The molecular formula is C29H29ClN2O5. The number of para-hydroxylation sites is 1. The third-order valence-electron chi connectivity index (χ3n) is 6.87. The Hall–Kier alpha value is -3.68. The Labute approximate surface area is 221 Å². The number of benzene rings is 3. The van der Waals surface area contributed by atoms with Crippen molar-refractivity contribution in [1.29, 1.82) is 0 Å². The molecule has 2 aliphatic rings. The third-order valence-corrected chi connectivity index (χ3v) is 7.10. The maximum absolute atomic E-state index is 13.4. The number of allylic oxidation sites excluding steroid dienone is 1. The quantitative estimate of drug-likeness (QED) is 0.442. The molecule has 5 rings (SSSR count). The van der Waals surface area contributed by atoms with E-state index < -0.39 is 0 Å². The van der Waals surface area contributed by atoms with Crippen molar-refractivity contribution in [2.24, 2.45) is 0 Å². The number of aromatic hydroxyl groups is 1. The van der Waals surface area contributed by atoms with E-state index in [2.05, 4.69) is 15.9 Å². The van der Waals surface area contributed by atoms with Gasteiger partial charge in [0.2, 0.25) is 5.78 Å². The van der Waals surface area contributed by atoms with Crippen LogP contribution >= 0.6 is 11.6 Å². The van der Waals surface area contributed by atoms with Crippen LogP contribution in [-0.4, -0.2) is 56.2 Å². The van der Waals surface area contributed by atoms with Gasteiger partial charge < -0.3 is 24.2 Å². The molecule has 0 atom stereocenters. The number of piperazine rings is 1. The van der Waals surface area contributed by atoms with Crippen LogP contribution in [0.3, 0.4) is 0 Å². The lowest BCUT2D eigenvalue weighted by Gasteiger charge is -2.36. The summed E-state index contributed by atoms with van der Waals surface area (Å²) in [6.07, 6.45) is 1.66. The summed E-state index contributed by atoms with van der Waals surface area (Å²) in [5.74, 6) is 1.59. The van der Waals surface area contributed by atoms with Crippen LogP contribution in [0, 0.1) is 6.92 Å². The molecule has 3 aromatic rings. The van der Waals surface area contributed by atoms with Gasteiger partial charge in [0, 0.05) is 49.0 Å². The molecule has 1 fully saturated rings. The predicted molar refractivity (Wildman–Crippen MR) is 144 cm³/mol. The van der Waals surface area contributed by atoms with Crippen LogP contribution in [0.4, 0.5) is 5.69 Å². The summed E-state index contributed by atoms with van der Waals surface area (Å²) < 4.78 is 17.0. The van der Waals surface area contributed by atoms with Gasteiger partial charge in [-0.3, -0.25) is 9.69 Å². The molecule has 7 nitrogen and oxygen atoms in total. The second-order valence-corrected chi connectivity index (χ2v) is 9.60. The first-order chi connectivity index (χ1) is 17.9. The fourth-order valence-corrected chi connectivity index (χ4v) is 5.14. The first-order valence-electron chi connectivity index (χ1n) is 12.1. The van der Waals surface area contributed by atoms with Gasteiger partial charge in [0.15, 0.2) is 17.3 Å². The summed E-state index contributed by atoms with van der Waals surface area (Å²) in [5.41, 5.74) is 3.54. The Morgan fingerprint density at radius 3 is 2.51 bits per heavy atom. The number of nitrogens with zero attached hydrogens (tertiary/aromatic N) is 2. The standard InChI is InChI=1S/C29H29ClN2O5/c1-18-14-23(33)22(17-31-10-12-32(13-11-31)21-8-5-7-20(30)16-21)29-26(18)27(34)25(37-29)15-19-6-4-9-24(35-2)28(19)36-3/h4-9,14-16,33H,10-13,17H2,1-3H3/b25-15-. The maximum Gasteiger partial charge on any atom is 0.232 e. The van der Waals surface area contributed by atoms with Gasteiger partial charge in [-0.15, -0.1) is 0 Å². The number of ether oxygens (including phenoxy) is 3. The highest BCUT2D eigenvalue weighted by molar-refractivity contribution is 6.30. The Morgan fingerprint density at radius 1 is 1.05 bits per heavy atom. The SMILES string of the molecule is COc1cccc(/C=C2\Oc3c(CN4CCN(c5cccc(Cl)c5)CC4)c(O)cc(C)c3C2=O)c1OC. The number of ketones is 1. The average Bonchev–Trinajstić information content (AvgIpc) is 3.22. The number of anilines is 1. The number of Topliss-reactive ketones (excluding diaryl/α,β-unsaturated/α-hetero) is 1. The summed E-state index contributed by atoms with van der Waals surface area (Å²) in [5, 5.41) is 11.6. The second-order valence-electron chi connectivity index (χ2n) is 9.16. The zero-order valence-electron chi connectivity index (χ0n) is 21.1.